The molecule has 0 fully saturated rings. The largest absolute Gasteiger partial charge is 0.441 e. The number of nitrogens with zero attached hydrogens (tertiary/aromatic N) is 2. The second-order valence-electron chi connectivity index (χ2n) is 6.30. The van der Waals surface area contributed by atoms with Gasteiger partial charge in [-0.05, 0) is 55.6 Å². The fraction of sp³-hybridized carbons (Fsp3) is 0.143. The third-order valence-electron chi connectivity index (χ3n) is 4.36. The van der Waals surface area contributed by atoms with Crippen LogP contribution in [0.5, 0.6) is 0 Å². The Morgan fingerprint density at radius 2 is 2.07 bits per heavy atom. The number of rotatable bonds is 5. The highest BCUT2D eigenvalue weighted by Gasteiger charge is 2.13. The number of anilines is 1. The fourth-order valence-electron chi connectivity index (χ4n) is 2.85. The van der Waals surface area contributed by atoms with Gasteiger partial charge in [0.05, 0.1) is 12.2 Å². The molecule has 3 aromatic heterocycles. The molecule has 4 rings (SSSR count). The molecule has 1 aromatic carbocycles. The van der Waals surface area contributed by atoms with E-state index in [0.717, 1.165) is 17.0 Å². The van der Waals surface area contributed by atoms with Gasteiger partial charge in [-0.2, -0.15) is 0 Å². The van der Waals surface area contributed by atoms with Gasteiger partial charge < -0.3 is 14.3 Å². The first-order valence-electron chi connectivity index (χ1n) is 8.63. The van der Waals surface area contributed by atoms with Crippen LogP contribution in [0.1, 0.15) is 26.8 Å². The first-order valence-corrected chi connectivity index (χ1v) is 9.51. The zero-order chi connectivity index (χ0) is 18.8. The first kappa shape index (κ1) is 17.3. The van der Waals surface area contributed by atoms with Gasteiger partial charge in [0.25, 0.3) is 5.91 Å². The molecule has 136 valence electrons. The highest BCUT2D eigenvalue weighted by Crippen LogP contribution is 2.24. The van der Waals surface area contributed by atoms with Crippen molar-refractivity contribution >= 4 is 22.9 Å². The van der Waals surface area contributed by atoms with Crippen LogP contribution in [-0.4, -0.2) is 15.5 Å². The number of amides is 1. The Morgan fingerprint density at radius 1 is 1.19 bits per heavy atom. The summed E-state index contributed by atoms with van der Waals surface area (Å²) in [6, 6.07) is 15.3. The Labute approximate surface area is 161 Å². The van der Waals surface area contributed by atoms with Crippen LogP contribution >= 0.6 is 11.3 Å². The average molecular weight is 377 g/mol. The summed E-state index contributed by atoms with van der Waals surface area (Å²) in [6.45, 7) is 4.48. The van der Waals surface area contributed by atoms with Crippen molar-refractivity contribution < 1.29 is 9.21 Å². The van der Waals surface area contributed by atoms with Crippen molar-refractivity contribution in [3.8, 4) is 11.5 Å². The number of thiophene rings is 1. The number of carbonyl (C=O) groups is 1. The van der Waals surface area contributed by atoms with Gasteiger partial charge in [-0.15, -0.1) is 11.3 Å². The number of hydrogen-bond acceptors (Lipinski definition) is 4. The number of carbonyl (C=O) groups excluding carboxylic acids is 1. The highest BCUT2D eigenvalue weighted by atomic mass is 32.1. The van der Waals surface area contributed by atoms with Crippen molar-refractivity contribution in [3.05, 3.63) is 82.1 Å². The smallest absolute Gasteiger partial charge is 0.272 e. The fourth-order valence-corrected chi connectivity index (χ4v) is 3.55. The lowest BCUT2D eigenvalue weighted by molar-refractivity contribution is 0.101. The van der Waals surface area contributed by atoms with E-state index in [9.17, 15) is 4.79 Å². The molecule has 6 heteroatoms. The molecule has 0 aliphatic heterocycles. The van der Waals surface area contributed by atoms with Gasteiger partial charge in [-0.1, -0.05) is 12.1 Å². The van der Waals surface area contributed by atoms with Crippen molar-refractivity contribution in [2.24, 2.45) is 0 Å². The number of aryl methyl sites for hydroxylation is 2. The molecule has 5 nitrogen and oxygen atoms in total. The zero-order valence-electron chi connectivity index (χ0n) is 15.1. The highest BCUT2D eigenvalue weighted by molar-refractivity contribution is 7.09. The second kappa shape index (κ2) is 7.25. The topological polar surface area (TPSA) is 60.1 Å². The summed E-state index contributed by atoms with van der Waals surface area (Å²) in [5.74, 6) is 1.21. The molecule has 0 atom stereocenters. The minimum Gasteiger partial charge on any atom is -0.441 e. The standard InChI is InChI=1S/C21H19N3O2S/c1-14-15(2)26-21(22-14)16-6-3-7-17(12-16)23-20(25)19-9-4-10-24(19)13-18-8-5-11-27-18/h3-12H,13H2,1-2H3,(H,23,25). The molecular formula is C21H19N3O2S. The lowest BCUT2D eigenvalue weighted by atomic mass is 10.2. The minimum atomic E-state index is -0.145. The molecular weight excluding hydrogens is 358 g/mol. The lowest BCUT2D eigenvalue weighted by Gasteiger charge is -2.09. The Bertz CT molecular complexity index is 1060. The Kier molecular flexibility index (Phi) is 4.64. The predicted octanol–water partition coefficient (Wildman–Crippen LogP) is 5.12. The number of aromatic nitrogens is 2. The normalized spacial score (nSPS) is 10.9. The maximum Gasteiger partial charge on any atom is 0.272 e. The van der Waals surface area contributed by atoms with E-state index in [1.165, 1.54) is 4.88 Å². The molecule has 0 radical (unpaired) electrons. The van der Waals surface area contributed by atoms with Crippen LogP contribution in [0.3, 0.4) is 0 Å². The van der Waals surface area contributed by atoms with Crippen molar-refractivity contribution in [2.75, 3.05) is 5.32 Å². The summed E-state index contributed by atoms with van der Waals surface area (Å²) < 4.78 is 7.63. The molecule has 1 amide bonds. The molecule has 0 aliphatic rings. The first-order chi connectivity index (χ1) is 13.1. The van der Waals surface area contributed by atoms with Crippen molar-refractivity contribution in [3.63, 3.8) is 0 Å². The van der Waals surface area contributed by atoms with Crippen LogP contribution in [0.15, 0.2) is 64.5 Å². The summed E-state index contributed by atoms with van der Waals surface area (Å²) in [5.41, 5.74) is 3.02. The van der Waals surface area contributed by atoms with E-state index < -0.39 is 0 Å². The summed E-state index contributed by atoms with van der Waals surface area (Å²) in [5, 5.41) is 5.01. The van der Waals surface area contributed by atoms with Crippen LogP contribution in [0.25, 0.3) is 11.5 Å². The molecule has 27 heavy (non-hydrogen) atoms. The molecule has 0 unspecified atom stereocenters. The third kappa shape index (κ3) is 3.71. The summed E-state index contributed by atoms with van der Waals surface area (Å²) in [4.78, 5) is 18.4. The van der Waals surface area contributed by atoms with Gasteiger partial charge >= 0.3 is 0 Å². The Balaban J connectivity index is 1.54. The zero-order valence-corrected chi connectivity index (χ0v) is 15.9. The quantitative estimate of drug-likeness (QED) is 0.525. The molecule has 4 aromatic rings. The molecule has 0 saturated heterocycles. The maximum absolute atomic E-state index is 12.8. The Morgan fingerprint density at radius 3 is 2.81 bits per heavy atom. The lowest BCUT2D eigenvalue weighted by Crippen LogP contribution is -2.17. The molecule has 0 aliphatic carbocycles. The van der Waals surface area contributed by atoms with E-state index in [0.29, 0.717) is 23.8 Å². The monoisotopic (exact) mass is 377 g/mol. The van der Waals surface area contributed by atoms with E-state index in [1.807, 2.05) is 72.5 Å². The summed E-state index contributed by atoms with van der Waals surface area (Å²) in [6.07, 6.45) is 1.92. The minimum absolute atomic E-state index is 0.145. The van der Waals surface area contributed by atoms with Crippen LogP contribution < -0.4 is 5.32 Å². The number of benzene rings is 1. The van der Waals surface area contributed by atoms with Crippen molar-refractivity contribution in [2.45, 2.75) is 20.4 Å². The van der Waals surface area contributed by atoms with E-state index in [-0.39, 0.29) is 5.91 Å². The van der Waals surface area contributed by atoms with Gasteiger partial charge in [-0.3, -0.25) is 4.79 Å². The van der Waals surface area contributed by atoms with Crippen LogP contribution in [0.4, 0.5) is 5.69 Å². The molecule has 1 N–H and O–H groups in total. The Hall–Kier alpha value is -3.12. The van der Waals surface area contributed by atoms with E-state index >= 15 is 0 Å². The summed E-state index contributed by atoms with van der Waals surface area (Å²) >= 11 is 1.68. The van der Waals surface area contributed by atoms with Gasteiger partial charge in [0.2, 0.25) is 5.89 Å². The number of hydrogen-bond donors (Lipinski definition) is 1. The molecule has 3 heterocycles. The van der Waals surface area contributed by atoms with Crippen LogP contribution in [-0.2, 0) is 6.54 Å². The number of oxazole rings is 1. The molecule has 0 saturated carbocycles. The SMILES string of the molecule is Cc1nc(-c2cccc(NC(=O)c3cccn3Cc3cccs3)c2)oc1C. The third-order valence-corrected chi connectivity index (χ3v) is 5.23. The van der Waals surface area contributed by atoms with Gasteiger partial charge in [0.15, 0.2) is 0 Å². The maximum atomic E-state index is 12.8. The molecule has 0 spiro atoms. The van der Waals surface area contributed by atoms with E-state index in [4.69, 9.17) is 4.42 Å². The van der Waals surface area contributed by atoms with Crippen LogP contribution in [0, 0.1) is 13.8 Å². The van der Waals surface area contributed by atoms with Gasteiger partial charge in [0, 0.05) is 22.3 Å². The number of nitrogens with one attached hydrogen (secondary N) is 1. The van der Waals surface area contributed by atoms with E-state index in [1.54, 1.807) is 11.3 Å². The van der Waals surface area contributed by atoms with Crippen molar-refractivity contribution in [1.29, 1.82) is 0 Å². The predicted molar refractivity (Wildman–Crippen MR) is 107 cm³/mol. The van der Waals surface area contributed by atoms with Crippen molar-refractivity contribution in [1.82, 2.24) is 9.55 Å². The van der Waals surface area contributed by atoms with Gasteiger partial charge in [-0.25, -0.2) is 4.98 Å². The van der Waals surface area contributed by atoms with E-state index in [2.05, 4.69) is 16.4 Å². The average Bonchev–Trinajstić information content (AvgIpc) is 3.39. The van der Waals surface area contributed by atoms with Crippen LogP contribution in [0.2, 0.25) is 0 Å². The second-order valence-corrected chi connectivity index (χ2v) is 7.33. The molecule has 0 bridgehead atoms. The van der Waals surface area contributed by atoms with Gasteiger partial charge in [0.1, 0.15) is 11.5 Å². The summed E-state index contributed by atoms with van der Waals surface area (Å²) in [7, 11) is 0.